The van der Waals surface area contributed by atoms with E-state index >= 15 is 0 Å². The first-order valence-electron chi connectivity index (χ1n) is 5.82. The van der Waals surface area contributed by atoms with E-state index in [2.05, 4.69) is 10.1 Å². The van der Waals surface area contributed by atoms with Gasteiger partial charge in [-0.15, -0.1) is 0 Å². The number of nitrogens with zero attached hydrogens (tertiary/aromatic N) is 3. The summed E-state index contributed by atoms with van der Waals surface area (Å²) in [6.45, 7) is 3.87. The molecule has 0 amide bonds. The molecule has 19 heavy (non-hydrogen) atoms. The third-order valence-corrected chi connectivity index (χ3v) is 2.91. The van der Waals surface area contributed by atoms with Crippen molar-refractivity contribution in [1.82, 2.24) is 14.8 Å². The molecule has 0 fully saturated rings. The summed E-state index contributed by atoms with van der Waals surface area (Å²) in [5.41, 5.74) is 0.418. The molecule has 0 saturated carbocycles. The molecule has 0 aliphatic rings. The minimum atomic E-state index is -0.236. The molecule has 100 valence electrons. The number of ether oxygens (including phenoxy) is 1. The van der Waals surface area contributed by atoms with Crippen molar-refractivity contribution in [3.8, 4) is 5.75 Å². The number of rotatable bonds is 4. The van der Waals surface area contributed by atoms with Crippen molar-refractivity contribution in [3.05, 3.63) is 40.9 Å². The fourth-order valence-electron chi connectivity index (χ4n) is 1.76. The normalized spacial score (nSPS) is 10.8. The van der Waals surface area contributed by atoms with Crippen molar-refractivity contribution in [2.75, 3.05) is 7.11 Å². The van der Waals surface area contributed by atoms with E-state index in [-0.39, 0.29) is 17.6 Å². The number of methoxy groups -OCH3 is 1. The second-order valence-corrected chi connectivity index (χ2v) is 4.73. The largest absolute Gasteiger partial charge is 0.496 e. The maximum atomic E-state index is 12.5. The highest BCUT2D eigenvalue weighted by Crippen LogP contribution is 2.25. The molecule has 0 atom stereocenters. The lowest BCUT2D eigenvalue weighted by Crippen LogP contribution is -2.15. The predicted octanol–water partition coefficient (Wildman–Crippen LogP) is 2.75. The Morgan fingerprint density at radius 3 is 2.79 bits per heavy atom. The highest BCUT2D eigenvalue weighted by atomic mass is 35.5. The Balaban J connectivity index is 2.47. The van der Waals surface area contributed by atoms with Crippen molar-refractivity contribution >= 4 is 17.4 Å². The zero-order valence-electron chi connectivity index (χ0n) is 10.9. The number of ketones is 1. The van der Waals surface area contributed by atoms with E-state index in [9.17, 15) is 4.79 Å². The van der Waals surface area contributed by atoms with Gasteiger partial charge in [0.2, 0.25) is 5.78 Å². The number of aromatic nitrogens is 3. The van der Waals surface area contributed by atoms with Crippen LogP contribution in [-0.2, 0) is 0 Å². The zero-order chi connectivity index (χ0) is 14.0. The SMILES string of the molecule is COc1cc(Cl)ccc1C(=O)c1ncnn1C(C)C. The molecule has 6 heteroatoms. The van der Waals surface area contributed by atoms with Gasteiger partial charge in [-0.05, 0) is 32.0 Å². The number of carbonyl (C=O) groups is 1. The number of hydrogen-bond donors (Lipinski definition) is 0. The summed E-state index contributed by atoms with van der Waals surface area (Å²) in [4.78, 5) is 16.5. The second-order valence-electron chi connectivity index (χ2n) is 4.30. The summed E-state index contributed by atoms with van der Waals surface area (Å²) in [6.07, 6.45) is 1.37. The quantitative estimate of drug-likeness (QED) is 0.808. The lowest BCUT2D eigenvalue weighted by molar-refractivity contribution is 0.101. The standard InChI is InChI=1S/C13H14ClN3O2/c1-8(2)17-13(15-7-16-17)12(18)10-5-4-9(14)6-11(10)19-3/h4-8H,1-3H3. The summed E-state index contributed by atoms with van der Waals surface area (Å²) < 4.78 is 6.76. The van der Waals surface area contributed by atoms with Gasteiger partial charge in [-0.25, -0.2) is 9.67 Å². The van der Waals surface area contributed by atoms with Crippen LogP contribution in [0.2, 0.25) is 5.02 Å². The molecule has 1 heterocycles. The number of benzene rings is 1. The Morgan fingerprint density at radius 2 is 2.16 bits per heavy atom. The lowest BCUT2D eigenvalue weighted by Gasteiger charge is -2.10. The monoisotopic (exact) mass is 279 g/mol. The second kappa shape index (κ2) is 5.40. The van der Waals surface area contributed by atoms with E-state index in [0.717, 1.165) is 0 Å². The summed E-state index contributed by atoms with van der Waals surface area (Å²) in [5, 5.41) is 4.57. The average Bonchev–Trinajstić information content (AvgIpc) is 2.87. The Labute approximate surface area is 116 Å². The van der Waals surface area contributed by atoms with Crippen LogP contribution >= 0.6 is 11.6 Å². The van der Waals surface area contributed by atoms with Crippen LogP contribution in [-0.4, -0.2) is 27.7 Å². The first-order chi connectivity index (χ1) is 9.04. The Kier molecular flexibility index (Phi) is 3.85. The molecule has 2 rings (SSSR count). The topological polar surface area (TPSA) is 57.0 Å². The van der Waals surface area contributed by atoms with E-state index < -0.39 is 0 Å². The van der Waals surface area contributed by atoms with Gasteiger partial charge < -0.3 is 4.74 Å². The molecule has 2 aromatic rings. The summed E-state index contributed by atoms with van der Waals surface area (Å²) >= 11 is 5.88. The van der Waals surface area contributed by atoms with Crippen LogP contribution in [0.15, 0.2) is 24.5 Å². The molecule has 5 nitrogen and oxygen atoms in total. The molecular formula is C13H14ClN3O2. The summed E-state index contributed by atoms with van der Waals surface area (Å²) in [7, 11) is 1.50. The molecule has 0 unspecified atom stereocenters. The van der Waals surface area contributed by atoms with Crippen molar-refractivity contribution in [1.29, 1.82) is 0 Å². The Hall–Kier alpha value is -1.88. The lowest BCUT2D eigenvalue weighted by atomic mass is 10.1. The molecule has 0 saturated heterocycles. The average molecular weight is 280 g/mol. The van der Waals surface area contributed by atoms with Gasteiger partial charge in [-0.3, -0.25) is 4.79 Å². The van der Waals surface area contributed by atoms with Crippen LogP contribution in [0.4, 0.5) is 0 Å². The van der Waals surface area contributed by atoms with Gasteiger partial charge in [0.15, 0.2) is 5.82 Å². The van der Waals surface area contributed by atoms with Crippen molar-refractivity contribution < 1.29 is 9.53 Å². The smallest absolute Gasteiger partial charge is 0.233 e. The minimum absolute atomic E-state index is 0.0553. The Bertz CT molecular complexity index is 608. The van der Waals surface area contributed by atoms with Crippen LogP contribution < -0.4 is 4.74 Å². The van der Waals surface area contributed by atoms with Crippen LogP contribution in [0, 0.1) is 0 Å². The summed E-state index contributed by atoms with van der Waals surface area (Å²) in [5.74, 6) is 0.478. The molecule has 0 aliphatic heterocycles. The van der Waals surface area contributed by atoms with Gasteiger partial charge in [0.05, 0.1) is 12.7 Å². The maximum Gasteiger partial charge on any atom is 0.233 e. The van der Waals surface area contributed by atoms with E-state index in [0.29, 0.717) is 16.3 Å². The first kappa shape index (κ1) is 13.5. The molecule has 1 aromatic heterocycles. The van der Waals surface area contributed by atoms with Gasteiger partial charge in [-0.1, -0.05) is 11.6 Å². The van der Waals surface area contributed by atoms with E-state index in [4.69, 9.17) is 16.3 Å². The number of halogens is 1. The fourth-order valence-corrected chi connectivity index (χ4v) is 1.93. The molecule has 0 spiro atoms. The number of carbonyl (C=O) groups excluding carboxylic acids is 1. The van der Waals surface area contributed by atoms with Gasteiger partial charge in [-0.2, -0.15) is 5.10 Å². The van der Waals surface area contributed by atoms with Crippen molar-refractivity contribution in [3.63, 3.8) is 0 Å². The van der Waals surface area contributed by atoms with Gasteiger partial charge in [0, 0.05) is 11.1 Å². The van der Waals surface area contributed by atoms with Crippen LogP contribution in [0.3, 0.4) is 0 Å². The van der Waals surface area contributed by atoms with Gasteiger partial charge in [0.1, 0.15) is 12.1 Å². The van der Waals surface area contributed by atoms with Gasteiger partial charge in [0.25, 0.3) is 0 Å². The summed E-state index contributed by atoms with van der Waals surface area (Å²) in [6, 6.07) is 4.93. The van der Waals surface area contributed by atoms with Crippen molar-refractivity contribution in [2.45, 2.75) is 19.9 Å². The zero-order valence-corrected chi connectivity index (χ0v) is 11.7. The molecule has 1 aromatic carbocycles. The van der Waals surface area contributed by atoms with E-state index in [1.807, 2.05) is 13.8 Å². The van der Waals surface area contributed by atoms with Crippen molar-refractivity contribution in [2.24, 2.45) is 0 Å². The fraction of sp³-hybridized carbons (Fsp3) is 0.308. The third-order valence-electron chi connectivity index (χ3n) is 2.67. The van der Waals surface area contributed by atoms with Crippen LogP contribution in [0.5, 0.6) is 5.75 Å². The molecule has 0 N–H and O–H groups in total. The predicted molar refractivity (Wildman–Crippen MR) is 71.8 cm³/mol. The molecule has 0 radical (unpaired) electrons. The number of hydrogen-bond acceptors (Lipinski definition) is 4. The van der Waals surface area contributed by atoms with Crippen LogP contribution in [0.25, 0.3) is 0 Å². The first-order valence-corrected chi connectivity index (χ1v) is 6.20. The van der Waals surface area contributed by atoms with E-state index in [1.54, 1.807) is 22.9 Å². The maximum absolute atomic E-state index is 12.5. The van der Waals surface area contributed by atoms with Gasteiger partial charge >= 0.3 is 0 Å². The molecule has 0 aliphatic carbocycles. The highest BCUT2D eigenvalue weighted by molar-refractivity contribution is 6.31. The highest BCUT2D eigenvalue weighted by Gasteiger charge is 2.21. The minimum Gasteiger partial charge on any atom is -0.496 e. The molecular weight excluding hydrogens is 266 g/mol. The Morgan fingerprint density at radius 1 is 1.42 bits per heavy atom. The van der Waals surface area contributed by atoms with Crippen LogP contribution in [0.1, 0.15) is 36.1 Å². The molecule has 0 bridgehead atoms. The van der Waals surface area contributed by atoms with E-state index in [1.165, 1.54) is 13.4 Å². The third kappa shape index (κ3) is 2.61.